The SMILES string of the molecule is CCCN1CCCc2cc(CCNC(=O)c3cccs3)ccc21. The van der Waals surface area contributed by atoms with E-state index in [0.717, 1.165) is 17.8 Å². The van der Waals surface area contributed by atoms with Crippen molar-refractivity contribution in [2.45, 2.75) is 32.6 Å². The number of anilines is 1. The first-order valence-electron chi connectivity index (χ1n) is 8.46. The highest BCUT2D eigenvalue weighted by Gasteiger charge is 2.16. The standard InChI is InChI=1S/C19H24N2OS/c1-2-11-21-12-3-5-16-14-15(7-8-17(16)21)9-10-20-19(22)18-6-4-13-23-18/h4,6-8,13-14H,2-3,5,9-12H2,1H3,(H,20,22). The van der Waals surface area contributed by atoms with Crippen LogP contribution in [0.4, 0.5) is 5.69 Å². The number of fused-ring (bicyclic) bond motifs is 1. The van der Waals surface area contributed by atoms with Crippen LogP contribution < -0.4 is 10.2 Å². The summed E-state index contributed by atoms with van der Waals surface area (Å²) >= 11 is 1.48. The number of benzene rings is 1. The van der Waals surface area contributed by atoms with Gasteiger partial charge in [-0.05, 0) is 54.3 Å². The fourth-order valence-electron chi connectivity index (χ4n) is 3.20. The highest BCUT2D eigenvalue weighted by Crippen LogP contribution is 2.28. The maximum Gasteiger partial charge on any atom is 0.261 e. The van der Waals surface area contributed by atoms with Crippen molar-refractivity contribution in [2.24, 2.45) is 0 Å². The molecule has 1 aromatic carbocycles. The van der Waals surface area contributed by atoms with E-state index in [1.165, 1.54) is 54.0 Å². The zero-order chi connectivity index (χ0) is 16.1. The predicted molar refractivity (Wildman–Crippen MR) is 97.6 cm³/mol. The average Bonchev–Trinajstić information content (AvgIpc) is 3.10. The number of rotatable bonds is 6. The number of hydrogen-bond donors (Lipinski definition) is 1. The topological polar surface area (TPSA) is 32.3 Å². The lowest BCUT2D eigenvalue weighted by Crippen LogP contribution is -2.30. The Balaban J connectivity index is 1.58. The minimum absolute atomic E-state index is 0.0343. The lowest BCUT2D eigenvalue weighted by Gasteiger charge is -2.31. The van der Waals surface area contributed by atoms with Gasteiger partial charge in [0.15, 0.2) is 0 Å². The van der Waals surface area contributed by atoms with Gasteiger partial charge >= 0.3 is 0 Å². The van der Waals surface area contributed by atoms with E-state index < -0.39 is 0 Å². The van der Waals surface area contributed by atoms with Crippen molar-refractivity contribution in [1.29, 1.82) is 0 Å². The van der Waals surface area contributed by atoms with Crippen molar-refractivity contribution in [3.63, 3.8) is 0 Å². The monoisotopic (exact) mass is 328 g/mol. The second-order valence-electron chi connectivity index (χ2n) is 6.04. The summed E-state index contributed by atoms with van der Waals surface area (Å²) in [6.07, 6.45) is 4.49. The van der Waals surface area contributed by atoms with Crippen LogP contribution in [-0.4, -0.2) is 25.5 Å². The van der Waals surface area contributed by atoms with Gasteiger partial charge in [-0.1, -0.05) is 25.1 Å². The van der Waals surface area contributed by atoms with Gasteiger partial charge in [-0.15, -0.1) is 11.3 Å². The van der Waals surface area contributed by atoms with E-state index in [9.17, 15) is 4.79 Å². The van der Waals surface area contributed by atoms with Crippen LogP contribution in [0.5, 0.6) is 0 Å². The molecule has 23 heavy (non-hydrogen) atoms. The molecule has 2 heterocycles. The molecule has 1 aliphatic heterocycles. The zero-order valence-electron chi connectivity index (χ0n) is 13.7. The molecule has 122 valence electrons. The van der Waals surface area contributed by atoms with Gasteiger partial charge in [0.05, 0.1) is 4.88 Å². The van der Waals surface area contributed by atoms with Gasteiger partial charge in [0.25, 0.3) is 5.91 Å². The molecule has 1 aromatic heterocycles. The Morgan fingerprint density at radius 3 is 3.04 bits per heavy atom. The Labute approximate surface area is 142 Å². The molecule has 2 aromatic rings. The Kier molecular flexibility index (Phi) is 5.34. The Morgan fingerprint density at radius 1 is 1.35 bits per heavy atom. The van der Waals surface area contributed by atoms with Crippen molar-refractivity contribution < 1.29 is 4.79 Å². The molecule has 1 aliphatic rings. The summed E-state index contributed by atoms with van der Waals surface area (Å²) in [5, 5.41) is 4.93. The molecule has 0 atom stereocenters. The fourth-order valence-corrected chi connectivity index (χ4v) is 3.84. The van der Waals surface area contributed by atoms with Crippen LogP contribution in [0.3, 0.4) is 0 Å². The third-order valence-electron chi connectivity index (χ3n) is 4.30. The van der Waals surface area contributed by atoms with Crippen LogP contribution in [-0.2, 0) is 12.8 Å². The first-order chi connectivity index (χ1) is 11.3. The van der Waals surface area contributed by atoms with Gasteiger partial charge in [-0.3, -0.25) is 4.79 Å². The normalized spacial score (nSPS) is 13.7. The number of nitrogens with zero attached hydrogens (tertiary/aromatic N) is 1. The van der Waals surface area contributed by atoms with Crippen LogP contribution in [0.2, 0.25) is 0 Å². The number of amides is 1. The van der Waals surface area contributed by atoms with E-state index in [2.05, 4.69) is 35.3 Å². The smallest absolute Gasteiger partial charge is 0.261 e. The molecule has 1 N–H and O–H groups in total. The van der Waals surface area contributed by atoms with Gasteiger partial charge in [-0.25, -0.2) is 0 Å². The number of carbonyl (C=O) groups is 1. The van der Waals surface area contributed by atoms with Gasteiger partial charge in [0.2, 0.25) is 0 Å². The van der Waals surface area contributed by atoms with Gasteiger partial charge in [0.1, 0.15) is 0 Å². The molecule has 3 rings (SSSR count). The molecule has 0 fully saturated rings. The Bertz CT molecular complexity index is 651. The summed E-state index contributed by atoms with van der Waals surface area (Å²) in [5.74, 6) is 0.0343. The van der Waals surface area contributed by atoms with Gasteiger partial charge < -0.3 is 10.2 Å². The molecule has 4 heteroatoms. The highest BCUT2D eigenvalue weighted by atomic mass is 32.1. The first-order valence-corrected chi connectivity index (χ1v) is 9.34. The lowest BCUT2D eigenvalue weighted by atomic mass is 9.98. The molecular formula is C19H24N2OS. The molecule has 0 saturated heterocycles. The summed E-state index contributed by atoms with van der Waals surface area (Å²) in [6.45, 7) is 5.24. The minimum atomic E-state index is 0.0343. The third kappa shape index (κ3) is 3.94. The molecule has 0 bridgehead atoms. The number of aryl methyl sites for hydroxylation is 1. The van der Waals surface area contributed by atoms with E-state index in [1.807, 2.05) is 17.5 Å². The summed E-state index contributed by atoms with van der Waals surface area (Å²) < 4.78 is 0. The van der Waals surface area contributed by atoms with Crippen LogP contribution in [0, 0.1) is 0 Å². The summed E-state index contributed by atoms with van der Waals surface area (Å²) in [7, 11) is 0. The van der Waals surface area contributed by atoms with E-state index >= 15 is 0 Å². The maximum absolute atomic E-state index is 11.9. The molecule has 0 spiro atoms. The van der Waals surface area contributed by atoms with Crippen LogP contribution >= 0.6 is 11.3 Å². The maximum atomic E-state index is 11.9. The predicted octanol–water partition coefficient (Wildman–Crippen LogP) is 3.88. The molecule has 3 nitrogen and oxygen atoms in total. The quantitative estimate of drug-likeness (QED) is 0.873. The molecule has 0 radical (unpaired) electrons. The number of hydrogen-bond acceptors (Lipinski definition) is 3. The second-order valence-corrected chi connectivity index (χ2v) is 6.98. The van der Waals surface area contributed by atoms with E-state index in [4.69, 9.17) is 0 Å². The van der Waals surface area contributed by atoms with Crippen LogP contribution in [0.15, 0.2) is 35.7 Å². The molecule has 0 aliphatic carbocycles. The minimum Gasteiger partial charge on any atom is -0.371 e. The van der Waals surface area contributed by atoms with Crippen molar-refractivity contribution in [3.05, 3.63) is 51.7 Å². The van der Waals surface area contributed by atoms with Crippen molar-refractivity contribution in [1.82, 2.24) is 5.32 Å². The lowest BCUT2D eigenvalue weighted by molar-refractivity contribution is 0.0958. The summed E-state index contributed by atoms with van der Waals surface area (Å²) in [6, 6.07) is 10.6. The van der Waals surface area contributed by atoms with Crippen LogP contribution in [0.1, 0.15) is 40.6 Å². The molecule has 0 saturated carbocycles. The number of thiophene rings is 1. The Hall–Kier alpha value is -1.81. The van der Waals surface area contributed by atoms with Crippen molar-refractivity contribution in [2.75, 3.05) is 24.5 Å². The summed E-state index contributed by atoms with van der Waals surface area (Å²) in [5.41, 5.74) is 4.19. The van der Waals surface area contributed by atoms with Crippen LogP contribution in [0.25, 0.3) is 0 Å². The summed E-state index contributed by atoms with van der Waals surface area (Å²) in [4.78, 5) is 15.2. The fraction of sp³-hybridized carbons (Fsp3) is 0.421. The molecule has 0 unspecified atom stereocenters. The average molecular weight is 328 g/mol. The van der Waals surface area contributed by atoms with E-state index in [1.54, 1.807) is 0 Å². The third-order valence-corrected chi connectivity index (χ3v) is 5.17. The molecular weight excluding hydrogens is 304 g/mol. The van der Waals surface area contributed by atoms with E-state index in [-0.39, 0.29) is 5.91 Å². The second kappa shape index (κ2) is 7.64. The zero-order valence-corrected chi connectivity index (χ0v) is 14.5. The largest absolute Gasteiger partial charge is 0.371 e. The van der Waals surface area contributed by atoms with Gasteiger partial charge in [0, 0.05) is 25.3 Å². The number of nitrogens with one attached hydrogen (secondary N) is 1. The Morgan fingerprint density at radius 2 is 2.26 bits per heavy atom. The van der Waals surface area contributed by atoms with Gasteiger partial charge in [-0.2, -0.15) is 0 Å². The van der Waals surface area contributed by atoms with Crippen molar-refractivity contribution >= 4 is 22.9 Å². The first kappa shape index (κ1) is 16.1. The van der Waals surface area contributed by atoms with E-state index in [0.29, 0.717) is 6.54 Å². The molecule has 1 amide bonds. The highest BCUT2D eigenvalue weighted by molar-refractivity contribution is 7.12. The number of carbonyl (C=O) groups excluding carboxylic acids is 1. The van der Waals surface area contributed by atoms with Crippen molar-refractivity contribution in [3.8, 4) is 0 Å².